The smallest absolute Gasteiger partial charge is 0.0227 e. The summed E-state index contributed by atoms with van der Waals surface area (Å²) in [6.07, 6.45) is 16.6. The van der Waals surface area contributed by atoms with Crippen LogP contribution in [0, 0.1) is 29.6 Å². The minimum Gasteiger partial charge on any atom is -0.312 e. The van der Waals surface area contributed by atoms with Crippen molar-refractivity contribution in [1.82, 2.24) is 16.0 Å². The summed E-state index contributed by atoms with van der Waals surface area (Å²) in [5.41, 5.74) is 0. The van der Waals surface area contributed by atoms with Crippen LogP contribution in [0.25, 0.3) is 0 Å². The highest BCUT2D eigenvalue weighted by molar-refractivity contribution is 5.04. The molecule has 4 rings (SSSR count). The van der Waals surface area contributed by atoms with Crippen LogP contribution in [0.5, 0.6) is 0 Å². The van der Waals surface area contributed by atoms with E-state index in [1.165, 1.54) is 90.1 Å². The summed E-state index contributed by atoms with van der Waals surface area (Å²) >= 11 is 0. The predicted octanol–water partition coefficient (Wildman–Crippen LogP) is 3.84. The van der Waals surface area contributed by atoms with Crippen molar-refractivity contribution in [2.45, 2.75) is 108 Å². The average molecular weight is 372 g/mol. The molecular weight excluding hydrogens is 330 g/mol. The van der Waals surface area contributed by atoms with E-state index in [2.05, 4.69) is 27.8 Å². The lowest BCUT2D eigenvalue weighted by atomic mass is 9.68. The lowest BCUT2D eigenvalue weighted by molar-refractivity contribution is 0.101. The van der Waals surface area contributed by atoms with E-state index in [0.29, 0.717) is 30.1 Å². The molecule has 4 unspecified atom stereocenters. The van der Waals surface area contributed by atoms with Crippen molar-refractivity contribution < 1.29 is 0 Å². The normalized spacial score (nSPS) is 43.5. The van der Waals surface area contributed by atoms with Crippen molar-refractivity contribution in [3.8, 4) is 11.8 Å². The van der Waals surface area contributed by atoms with E-state index in [1.807, 2.05) is 6.92 Å². The minimum absolute atomic E-state index is 0.680. The van der Waals surface area contributed by atoms with Crippen molar-refractivity contribution in [3.63, 3.8) is 0 Å². The van der Waals surface area contributed by atoms with Crippen LogP contribution in [-0.2, 0) is 0 Å². The van der Waals surface area contributed by atoms with Crippen molar-refractivity contribution in [2.75, 3.05) is 13.1 Å². The second kappa shape index (κ2) is 9.77. The Labute approximate surface area is 167 Å². The van der Waals surface area contributed by atoms with Crippen molar-refractivity contribution in [2.24, 2.45) is 17.8 Å². The van der Waals surface area contributed by atoms with Gasteiger partial charge in [0, 0.05) is 30.1 Å². The van der Waals surface area contributed by atoms with Crippen LogP contribution in [0.2, 0.25) is 0 Å². The molecule has 152 valence electrons. The maximum absolute atomic E-state index is 4.14. The molecule has 4 atom stereocenters. The number of hydrogen-bond donors (Lipinski definition) is 3. The van der Waals surface area contributed by atoms with Crippen LogP contribution in [0.4, 0.5) is 0 Å². The third kappa shape index (κ3) is 5.08. The van der Waals surface area contributed by atoms with Gasteiger partial charge in [0.05, 0.1) is 0 Å². The Morgan fingerprint density at radius 2 is 1.22 bits per heavy atom. The highest BCUT2D eigenvalue weighted by Crippen LogP contribution is 2.40. The van der Waals surface area contributed by atoms with E-state index >= 15 is 0 Å². The van der Waals surface area contributed by atoms with Gasteiger partial charge < -0.3 is 16.0 Å². The molecule has 4 aliphatic rings. The third-order valence-corrected chi connectivity index (χ3v) is 8.00. The molecular formula is C24H41N3. The highest BCUT2D eigenvalue weighted by Gasteiger charge is 2.40. The standard InChI is InChI=1S/C24H41N3/c1-2-7-18-10-12-19(13-11-18)20-16-23(21-8-3-5-14-25-21)27-24(17-20)22-9-4-6-15-26-22/h18-27H,3-6,8-17H2,1H3. The summed E-state index contributed by atoms with van der Waals surface area (Å²) in [5, 5.41) is 11.9. The van der Waals surface area contributed by atoms with Gasteiger partial charge in [0.15, 0.2) is 0 Å². The molecule has 0 spiro atoms. The molecule has 3 heteroatoms. The van der Waals surface area contributed by atoms with E-state index in [9.17, 15) is 0 Å². The van der Waals surface area contributed by atoms with Gasteiger partial charge in [-0.05, 0) is 96.1 Å². The summed E-state index contributed by atoms with van der Waals surface area (Å²) in [5.74, 6) is 9.15. The Kier molecular flexibility index (Phi) is 7.14. The van der Waals surface area contributed by atoms with Crippen molar-refractivity contribution >= 4 is 0 Å². The summed E-state index contributed by atoms with van der Waals surface area (Å²) < 4.78 is 0. The molecule has 0 aromatic rings. The van der Waals surface area contributed by atoms with Gasteiger partial charge in [0.25, 0.3) is 0 Å². The maximum atomic E-state index is 4.14. The average Bonchev–Trinajstić information content (AvgIpc) is 2.75. The number of nitrogens with one attached hydrogen (secondary N) is 3. The van der Waals surface area contributed by atoms with Gasteiger partial charge >= 0.3 is 0 Å². The SMILES string of the molecule is CC#CC1CCC(C2CC(C3CCCCN3)NC(C3CCCCN3)C2)CC1. The molecule has 0 bridgehead atoms. The zero-order valence-electron chi connectivity index (χ0n) is 17.4. The highest BCUT2D eigenvalue weighted by atomic mass is 15.1. The Morgan fingerprint density at radius 3 is 1.70 bits per heavy atom. The molecule has 0 aromatic heterocycles. The van der Waals surface area contributed by atoms with Crippen LogP contribution in [0.1, 0.15) is 84.0 Å². The zero-order chi connectivity index (χ0) is 18.5. The summed E-state index contributed by atoms with van der Waals surface area (Å²) in [4.78, 5) is 0. The van der Waals surface area contributed by atoms with Gasteiger partial charge in [-0.2, -0.15) is 0 Å². The van der Waals surface area contributed by atoms with Crippen LogP contribution in [-0.4, -0.2) is 37.3 Å². The van der Waals surface area contributed by atoms with E-state index in [0.717, 1.165) is 11.8 Å². The molecule has 3 saturated heterocycles. The molecule has 0 aromatic carbocycles. The largest absolute Gasteiger partial charge is 0.312 e. The Morgan fingerprint density at radius 1 is 0.630 bits per heavy atom. The first kappa shape index (κ1) is 19.7. The first-order valence-corrected chi connectivity index (χ1v) is 12.0. The molecule has 4 fully saturated rings. The molecule has 3 nitrogen and oxygen atoms in total. The molecule has 3 aliphatic heterocycles. The van der Waals surface area contributed by atoms with E-state index in [4.69, 9.17) is 0 Å². The molecule has 3 heterocycles. The van der Waals surface area contributed by atoms with Gasteiger partial charge in [-0.15, -0.1) is 11.8 Å². The van der Waals surface area contributed by atoms with E-state index in [1.54, 1.807) is 0 Å². The van der Waals surface area contributed by atoms with E-state index in [-0.39, 0.29) is 0 Å². The van der Waals surface area contributed by atoms with Crippen LogP contribution >= 0.6 is 0 Å². The lowest BCUT2D eigenvalue weighted by Crippen LogP contribution is -2.62. The van der Waals surface area contributed by atoms with Gasteiger partial charge in [-0.25, -0.2) is 0 Å². The Balaban J connectivity index is 1.41. The van der Waals surface area contributed by atoms with Crippen LogP contribution in [0.15, 0.2) is 0 Å². The predicted molar refractivity (Wildman–Crippen MR) is 114 cm³/mol. The van der Waals surface area contributed by atoms with Gasteiger partial charge in [0.2, 0.25) is 0 Å². The van der Waals surface area contributed by atoms with Gasteiger partial charge in [-0.3, -0.25) is 0 Å². The monoisotopic (exact) mass is 371 g/mol. The summed E-state index contributed by atoms with van der Waals surface area (Å²) in [7, 11) is 0. The van der Waals surface area contributed by atoms with Crippen LogP contribution < -0.4 is 16.0 Å². The van der Waals surface area contributed by atoms with Gasteiger partial charge in [-0.1, -0.05) is 12.8 Å². The number of hydrogen-bond acceptors (Lipinski definition) is 3. The zero-order valence-corrected chi connectivity index (χ0v) is 17.4. The molecule has 27 heavy (non-hydrogen) atoms. The van der Waals surface area contributed by atoms with Crippen molar-refractivity contribution in [3.05, 3.63) is 0 Å². The fourth-order valence-corrected chi connectivity index (χ4v) is 6.49. The second-order valence-electron chi connectivity index (χ2n) is 9.73. The first-order valence-electron chi connectivity index (χ1n) is 12.0. The van der Waals surface area contributed by atoms with E-state index < -0.39 is 0 Å². The third-order valence-electron chi connectivity index (χ3n) is 8.00. The number of rotatable bonds is 3. The second-order valence-corrected chi connectivity index (χ2v) is 9.73. The number of piperidine rings is 3. The topological polar surface area (TPSA) is 36.1 Å². The summed E-state index contributed by atoms with van der Waals surface area (Å²) in [6, 6.07) is 2.78. The fraction of sp³-hybridized carbons (Fsp3) is 0.917. The Bertz CT molecular complexity index is 475. The molecule has 0 radical (unpaired) electrons. The molecule has 1 aliphatic carbocycles. The molecule has 0 amide bonds. The lowest BCUT2D eigenvalue weighted by Gasteiger charge is -2.47. The van der Waals surface area contributed by atoms with Crippen molar-refractivity contribution in [1.29, 1.82) is 0 Å². The van der Waals surface area contributed by atoms with Gasteiger partial charge in [0.1, 0.15) is 0 Å². The first-order chi connectivity index (χ1) is 13.3. The fourth-order valence-electron chi connectivity index (χ4n) is 6.49. The quantitative estimate of drug-likeness (QED) is 0.660. The summed E-state index contributed by atoms with van der Waals surface area (Å²) in [6.45, 7) is 4.45. The minimum atomic E-state index is 0.680. The van der Waals surface area contributed by atoms with Crippen LogP contribution in [0.3, 0.4) is 0 Å². The Hall–Kier alpha value is -0.560. The molecule has 1 saturated carbocycles. The molecule has 3 N–H and O–H groups in total. The maximum Gasteiger partial charge on any atom is 0.0227 e.